The minimum absolute atomic E-state index is 0.0585. The maximum atomic E-state index is 12.0. The van der Waals surface area contributed by atoms with Gasteiger partial charge in [-0.3, -0.25) is 14.3 Å². The third kappa shape index (κ3) is 5.38. The van der Waals surface area contributed by atoms with Gasteiger partial charge in [0.1, 0.15) is 0 Å². The highest BCUT2D eigenvalue weighted by Gasteiger charge is 2.16. The maximum Gasteiger partial charge on any atom is 0.230 e. The average Bonchev–Trinajstić information content (AvgIpc) is 3.10. The lowest BCUT2D eigenvalue weighted by Gasteiger charge is -2.10. The summed E-state index contributed by atoms with van der Waals surface area (Å²) < 4.78 is 6.97. The molecule has 0 aliphatic heterocycles. The highest BCUT2D eigenvalue weighted by atomic mass is 32.2. The lowest BCUT2D eigenvalue weighted by Crippen LogP contribution is -2.28. The number of carbonyl (C=O) groups is 1. The Morgan fingerprint density at radius 3 is 2.67 bits per heavy atom. The van der Waals surface area contributed by atoms with E-state index in [0.29, 0.717) is 24.9 Å². The van der Waals surface area contributed by atoms with Gasteiger partial charge in [0.2, 0.25) is 5.91 Å². The van der Waals surface area contributed by atoms with E-state index in [1.54, 1.807) is 19.5 Å². The zero-order chi connectivity index (χ0) is 18.9. The molecule has 140 valence electrons. The molecule has 0 spiro atoms. The van der Waals surface area contributed by atoms with Crippen molar-refractivity contribution in [3.63, 3.8) is 0 Å². The standard InChI is InChI=1S/C19H21N5O2S/c1-26-12-11-21-17(25)14-27-19-23-22-18(16-7-9-20-10-8-16)24(19)13-15-5-3-2-4-6-15/h2-10H,11-14H2,1H3,(H,21,25). The summed E-state index contributed by atoms with van der Waals surface area (Å²) in [7, 11) is 1.60. The second-order valence-electron chi connectivity index (χ2n) is 5.75. The van der Waals surface area contributed by atoms with Gasteiger partial charge in [-0.25, -0.2) is 0 Å². The van der Waals surface area contributed by atoms with Gasteiger partial charge in [-0.1, -0.05) is 42.1 Å². The van der Waals surface area contributed by atoms with Crippen molar-refractivity contribution in [2.75, 3.05) is 26.0 Å². The largest absolute Gasteiger partial charge is 0.383 e. The van der Waals surface area contributed by atoms with E-state index in [0.717, 1.165) is 17.0 Å². The number of benzene rings is 1. The number of amides is 1. The number of ether oxygens (including phenoxy) is 1. The Bertz CT molecular complexity index is 855. The minimum Gasteiger partial charge on any atom is -0.383 e. The topological polar surface area (TPSA) is 81.9 Å². The fourth-order valence-corrected chi connectivity index (χ4v) is 3.26. The first-order valence-corrected chi connectivity index (χ1v) is 9.52. The number of methoxy groups -OCH3 is 1. The number of hydrogen-bond acceptors (Lipinski definition) is 6. The monoisotopic (exact) mass is 383 g/mol. The Morgan fingerprint density at radius 2 is 1.93 bits per heavy atom. The molecule has 1 N–H and O–H groups in total. The van der Waals surface area contributed by atoms with E-state index in [4.69, 9.17) is 4.74 Å². The van der Waals surface area contributed by atoms with Gasteiger partial charge < -0.3 is 10.1 Å². The third-order valence-electron chi connectivity index (χ3n) is 3.80. The van der Waals surface area contributed by atoms with Crippen molar-refractivity contribution >= 4 is 17.7 Å². The van der Waals surface area contributed by atoms with E-state index in [1.807, 2.05) is 34.9 Å². The molecular weight excluding hydrogens is 362 g/mol. The summed E-state index contributed by atoms with van der Waals surface area (Å²) in [4.78, 5) is 16.0. The number of thioether (sulfide) groups is 1. The number of carbonyl (C=O) groups excluding carboxylic acids is 1. The van der Waals surface area contributed by atoms with Crippen LogP contribution >= 0.6 is 11.8 Å². The fraction of sp³-hybridized carbons (Fsp3) is 0.263. The van der Waals surface area contributed by atoms with Gasteiger partial charge in [0.15, 0.2) is 11.0 Å². The van der Waals surface area contributed by atoms with Gasteiger partial charge >= 0.3 is 0 Å². The van der Waals surface area contributed by atoms with Crippen molar-refractivity contribution in [1.82, 2.24) is 25.1 Å². The van der Waals surface area contributed by atoms with E-state index in [2.05, 4.69) is 32.6 Å². The van der Waals surface area contributed by atoms with Crippen LogP contribution in [0.1, 0.15) is 5.56 Å². The molecule has 0 unspecified atom stereocenters. The van der Waals surface area contributed by atoms with Crippen LogP contribution in [0.25, 0.3) is 11.4 Å². The summed E-state index contributed by atoms with van der Waals surface area (Å²) in [5, 5.41) is 12.2. The van der Waals surface area contributed by atoms with Crippen LogP contribution in [0.15, 0.2) is 60.0 Å². The second kappa shape index (κ2) is 9.84. The lowest BCUT2D eigenvalue weighted by molar-refractivity contribution is -0.118. The van der Waals surface area contributed by atoms with Gasteiger partial charge in [-0.2, -0.15) is 0 Å². The van der Waals surface area contributed by atoms with E-state index >= 15 is 0 Å². The Labute approximate surface area is 162 Å². The SMILES string of the molecule is COCCNC(=O)CSc1nnc(-c2ccncc2)n1Cc1ccccc1. The number of pyridine rings is 1. The summed E-state index contributed by atoms with van der Waals surface area (Å²) in [6, 6.07) is 13.9. The van der Waals surface area contributed by atoms with Crippen molar-refractivity contribution in [3.05, 3.63) is 60.4 Å². The van der Waals surface area contributed by atoms with Crippen molar-refractivity contribution < 1.29 is 9.53 Å². The van der Waals surface area contributed by atoms with Crippen LogP contribution in [-0.2, 0) is 16.1 Å². The second-order valence-corrected chi connectivity index (χ2v) is 6.69. The average molecular weight is 383 g/mol. The van der Waals surface area contributed by atoms with E-state index in [9.17, 15) is 4.79 Å². The first kappa shape index (κ1) is 19.1. The Balaban J connectivity index is 1.79. The molecule has 1 amide bonds. The molecule has 0 bridgehead atoms. The van der Waals surface area contributed by atoms with Crippen LogP contribution < -0.4 is 5.32 Å². The van der Waals surface area contributed by atoms with Crippen LogP contribution in [0.2, 0.25) is 0 Å². The number of rotatable bonds is 9. The van der Waals surface area contributed by atoms with E-state index < -0.39 is 0 Å². The van der Waals surface area contributed by atoms with Gasteiger partial charge in [0.05, 0.1) is 18.9 Å². The Kier molecular flexibility index (Phi) is 6.95. The normalized spacial score (nSPS) is 10.7. The van der Waals surface area contributed by atoms with Gasteiger partial charge in [-0.15, -0.1) is 10.2 Å². The van der Waals surface area contributed by atoms with Crippen molar-refractivity contribution in [2.24, 2.45) is 0 Å². The van der Waals surface area contributed by atoms with Crippen LogP contribution in [0, 0.1) is 0 Å². The van der Waals surface area contributed by atoms with Crippen LogP contribution in [0.3, 0.4) is 0 Å². The fourth-order valence-electron chi connectivity index (χ4n) is 2.49. The first-order chi connectivity index (χ1) is 13.3. The van der Waals surface area contributed by atoms with Gasteiger partial charge in [0, 0.05) is 31.6 Å². The molecule has 0 atom stereocenters. The van der Waals surface area contributed by atoms with E-state index in [1.165, 1.54) is 11.8 Å². The van der Waals surface area contributed by atoms with Crippen LogP contribution in [0.5, 0.6) is 0 Å². The molecule has 3 rings (SSSR count). The molecule has 2 aromatic heterocycles. The summed E-state index contributed by atoms with van der Waals surface area (Å²) in [6.45, 7) is 1.61. The number of nitrogens with zero attached hydrogens (tertiary/aromatic N) is 4. The number of aromatic nitrogens is 4. The summed E-state index contributed by atoms with van der Waals surface area (Å²) in [5.41, 5.74) is 2.07. The molecular formula is C19H21N5O2S. The quantitative estimate of drug-likeness (QED) is 0.451. The molecule has 8 heteroatoms. The van der Waals surface area contributed by atoms with Crippen molar-refractivity contribution in [1.29, 1.82) is 0 Å². The summed E-state index contributed by atoms with van der Waals surface area (Å²) in [5.74, 6) is 0.966. The van der Waals surface area contributed by atoms with Gasteiger partial charge in [0.25, 0.3) is 0 Å². The molecule has 0 fully saturated rings. The third-order valence-corrected chi connectivity index (χ3v) is 4.77. The van der Waals surface area contributed by atoms with Crippen LogP contribution in [-0.4, -0.2) is 51.7 Å². The maximum absolute atomic E-state index is 12.0. The summed E-state index contributed by atoms with van der Waals surface area (Å²) >= 11 is 1.37. The van der Waals surface area contributed by atoms with E-state index in [-0.39, 0.29) is 11.7 Å². The number of hydrogen-bond donors (Lipinski definition) is 1. The zero-order valence-electron chi connectivity index (χ0n) is 15.0. The smallest absolute Gasteiger partial charge is 0.230 e. The lowest BCUT2D eigenvalue weighted by atomic mass is 10.2. The molecule has 0 aliphatic rings. The first-order valence-electron chi connectivity index (χ1n) is 8.54. The predicted octanol–water partition coefficient (Wildman–Crippen LogP) is 2.24. The molecule has 1 aromatic carbocycles. The summed E-state index contributed by atoms with van der Waals surface area (Å²) in [6.07, 6.45) is 3.46. The molecule has 2 heterocycles. The highest BCUT2D eigenvalue weighted by Crippen LogP contribution is 2.24. The Hall–Kier alpha value is -2.71. The number of nitrogens with one attached hydrogen (secondary N) is 1. The molecule has 0 saturated heterocycles. The molecule has 0 aliphatic carbocycles. The minimum atomic E-state index is -0.0585. The Morgan fingerprint density at radius 1 is 1.15 bits per heavy atom. The molecule has 0 saturated carbocycles. The molecule has 7 nitrogen and oxygen atoms in total. The molecule has 3 aromatic rings. The zero-order valence-corrected chi connectivity index (χ0v) is 15.9. The highest BCUT2D eigenvalue weighted by molar-refractivity contribution is 7.99. The molecule has 27 heavy (non-hydrogen) atoms. The predicted molar refractivity (Wildman–Crippen MR) is 104 cm³/mol. The van der Waals surface area contributed by atoms with Crippen LogP contribution in [0.4, 0.5) is 0 Å². The van der Waals surface area contributed by atoms with Crippen molar-refractivity contribution in [3.8, 4) is 11.4 Å². The van der Waals surface area contributed by atoms with Crippen molar-refractivity contribution in [2.45, 2.75) is 11.7 Å². The molecule has 0 radical (unpaired) electrons. The van der Waals surface area contributed by atoms with Gasteiger partial charge in [-0.05, 0) is 17.7 Å².